The molecule has 0 spiro atoms. The van der Waals surface area contributed by atoms with Gasteiger partial charge in [-0.3, -0.25) is 10.1 Å². The monoisotopic (exact) mass is 363 g/mol. The molecule has 2 heterocycles. The molecule has 134 valence electrons. The first kappa shape index (κ1) is 17.7. The third-order valence-electron chi connectivity index (χ3n) is 4.32. The minimum atomic E-state index is -3.74. The maximum absolute atomic E-state index is 12.5. The fourth-order valence-corrected chi connectivity index (χ4v) is 3.50. The topological polar surface area (TPSA) is 106 Å². The summed E-state index contributed by atoms with van der Waals surface area (Å²) in [5.74, 6) is 1.54. The lowest BCUT2D eigenvalue weighted by molar-refractivity contribution is -0.117. The van der Waals surface area contributed by atoms with Crippen LogP contribution in [-0.2, 0) is 21.2 Å². The van der Waals surface area contributed by atoms with Gasteiger partial charge in [-0.1, -0.05) is 0 Å². The molecule has 3 rings (SSSR count). The third-order valence-corrected chi connectivity index (χ3v) is 5.23. The number of nitrogens with zero attached hydrogens (tertiary/aromatic N) is 1. The lowest BCUT2D eigenvalue weighted by Gasteiger charge is -2.19. The Morgan fingerprint density at radius 3 is 2.76 bits per heavy atom. The van der Waals surface area contributed by atoms with E-state index >= 15 is 0 Å². The minimum Gasteiger partial charge on any atom is -0.465 e. The third kappa shape index (κ3) is 3.76. The molecule has 1 atom stereocenters. The van der Waals surface area contributed by atoms with Gasteiger partial charge < -0.3 is 9.32 Å². The maximum Gasteiger partial charge on any atom is 0.240 e. The van der Waals surface area contributed by atoms with Crippen molar-refractivity contribution >= 4 is 21.6 Å². The Labute approximate surface area is 146 Å². The van der Waals surface area contributed by atoms with Crippen molar-refractivity contribution in [3.8, 4) is 0 Å². The number of carbonyl (C=O) groups is 1. The molecule has 1 aromatic carbocycles. The zero-order valence-corrected chi connectivity index (χ0v) is 15.0. The predicted octanol–water partition coefficient (Wildman–Crippen LogP) is 1.48. The molecule has 8 heteroatoms. The Kier molecular flexibility index (Phi) is 4.68. The van der Waals surface area contributed by atoms with Crippen LogP contribution in [0.2, 0.25) is 0 Å². The van der Waals surface area contributed by atoms with E-state index in [4.69, 9.17) is 9.56 Å². The van der Waals surface area contributed by atoms with E-state index in [-0.39, 0.29) is 23.4 Å². The SMILES string of the molecule is Cc1ccc(C(C)NCC(=O)N2CCc3cc(S(N)(=O)=O)ccc32)o1. The fourth-order valence-electron chi connectivity index (χ4n) is 2.94. The number of rotatable bonds is 5. The highest BCUT2D eigenvalue weighted by molar-refractivity contribution is 7.89. The molecule has 0 saturated carbocycles. The predicted molar refractivity (Wildman–Crippen MR) is 93.7 cm³/mol. The van der Waals surface area contributed by atoms with Gasteiger partial charge in [0.25, 0.3) is 0 Å². The highest BCUT2D eigenvalue weighted by Crippen LogP contribution is 2.30. The highest BCUT2D eigenvalue weighted by atomic mass is 32.2. The maximum atomic E-state index is 12.5. The van der Waals surface area contributed by atoms with Crippen molar-refractivity contribution in [2.24, 2.45) is 5.14 Å². The zero-order valence-electron chi connectivity index (χ0n) is 14.2. The number of primary sulfonamides is 1. The first-order chi connectivity index (χ1) is 11.8. The van der Waals surface area contributed by atoms with Gasteiger partial charge in [0.1, 0.15) is 11.5 Å². The van der Waals surface area contributed by atoms with E-state index in [0.29, 0.717) is 13.0 Å². The van der Waals surface area contributed by atoms with Crippen LogP contribution in [0.5, 0.6) is 0 Å². The van der Waals surface area contributed by atoms with E-state index in [1.807, 2.05) is 26.0 Å². The van der Waals surface area contributed by atoms with Crippen LogP contribution in [0.15, 0.2) is 39.6 Å². The van der Waals surface area contributed by atoms with Crippen molar-refractivity contribution in [2.75, 3.05) is 18.0 Å². The second kappa shape index (κ2) is 6.62. The molecule has 1 amide bonds. The average molecular weight is 363 g/mol. The van der Waals surface area contributed by atoms with Crippen LogP contribution in [0.4, 0.5) is 5.69 Å². The number of sulfonamides is 1. The molecule has 1 aliphatic rings. The number of anilines is 1. The molecule has 2 aromatic rings. The van der Waals surface area contributed by atoms with Crippen LogP contribution >= 0.6 is 0 Å². The number of amides is 1. The molecule has 0 bridgehead atoms. The van der Waals surface area contributed by atoms with Gasteiger partial charge in [-0.25, -0.2) is 13.6 Å². The number of benzene rings is 1. The normalized spacial score (nSPS) is 15.2. The summed E-state index contributed by atoms with van der Waals surface area (Å²) in [6.45, 7) is 4.50. The molecule has 25 heavy (non-hydrogen) atoms. The summed E-state index contributed by atoms with van der Waals surface area (Å²) >= 11 is 0. The molecule has 1 aliphatic heterocycles. The van der Waals surface area contributed by atoms with Crippen molar-refractivity contribution < 1.29 is 17.6 Å². The molecule has 0 saturated heterocycles. The van der Waals surface area contributed by atoms with Crippen LogP contribution in [-0.4, -0.2) is 27.4 Å². The quantitative estimate of drug-likeness (QED) is 0.837. The van der Waals surface area contributed by atoms with E-state index in [2.05, 4.69) is 5.32 Å². The highest BCUT2D eigenvalue weighted by Gasteiger charge is 2.26. The first-order valence-electron chi connectivity index (χ1n) is 8.01. The molecule has 0 fully saturated rings. The Hall–Kier alpha value is -2.16. The van der Waals surface area contributed by atoms with E-state index in [1.165, 1.54) is 6.07 Å². The van der Waals surface area contributed by atoms with E-state index in [1.54, 1.807) is 17.0 Å². The minimum absolute atomic E-state index is 0.0699. The smallest absolute Gasteiger partial charge is 0.240 e. The summed E-state index contributed by atoms with van der Waals surface area (Å²) in [4.78, 5) is 14.3. The van der Waals surface area contributed by atoms with Gasteiger partial charge in [0, 0.05) is 12.2 Å². The molecule has 0 radical (unpaired) electrons. The van der Waals surface area contributed by atoms with Gasteiger partial charge >= 0.3 is 0 Å². The molecule has 3 N–H and O–H groups in total. The van der Waals surface area contributed by atoms with Crippen LogP contribution in [0.25, 0.3) is 0 Å². The zero-order chi connectivity index (χ0) is 18.2. The molecule has 1 aromatic heterocycles. The second-order valence-electron chi connectivity index (χ2n) is 6.18. The van der Waals surface area contributed by atoms with Crippen LogP contribution in [0, 0.1) is 6.92 Å². The molecule has 0 aliphatic carbocycles. The van der Waals surface area contributed by atoms with Crippen molar-refractivity contribution in [3.63, 3.8) is 0 Å². The lowest BCUT2D eigenvalue weighted by Crippen LogP contribution is -2.38. The number of hydrogen-bond acceptors (Lipinski definition) is 5. The summed E-state index contributed by atoms with van der Waals surface area (Å²) in [5.41, 5.74) is 1.55. The molecular weight excluding hydrogens is 342 g/mol. The largest absolute Gasteiger partial charge is 0.465 e. The number of nitrogens with one attached hydrogen (secondary N) is 1. The van der Waals surface area contributed by atoms with Crippen molar-refractivity contribution in [1.82, 2.24) is 5.32 Å². The Bertz CT molecular complexity index is 904. The summed E-state index contributed by atoms with van der Waals surface area (Å²) in [7, 11) is -3.74. The van der Waals surface area contributed by atoms with Gasteiger partial charge in [0.15, 0.2) is 0 Å². The van der Waals surface area contributed by atoms with Crippen molar-refractivity contribution in [3.05, 3.63) is 47.4 Å². The van der Waals surface area contributed by atoms with Gasteiger partial charge in [0.05, 0.1) is 17.5 Å². The Morgan fingerprint density at radius 1 is 1.36 bits per heavy atom. The van der Waals surface area contributed by atoms with Crippen molar-refractivity contribution in [2.45, 2.75) is 31.2 Å². The van der Waals surface area contributed by atoms with Crippen LogP contribution < -0.4 is 15.4 Å². The number of hydrogen-bond donors (Lipinski definition) is 2. The summed E-state index contributed by atoms with van der Waals surface area (Å²) < 4.78 is 28.4. The Balaban J connectivity index is 1.67. The number of aryl methyl sites for hydroxylation is 1. The van der Waals surface area contributed by atoms with Gasteiger partial charge in [0.2, 0.25) is 15.9 Å². The summed E-state index contributed by atoms with van der Waals surface area (Å²) in [6.07, 6.45) is 0.608. The number of nitrogens with two attached hydrogens (primary N) is 1. The number of furan rings is 1. The van der Waals surface area contributed by atoms with Gasteiger partial charge in [-0.15, -0.1) is 0 Å². The van der Waals surface area contributed by atoms with E-state index in [0.717, 1.165) is 22.8 Å². The Morgan fingerprint density at radius 2 is 2.12 bits per heavy atom. The van der Waals surface area contributed by atoms with E-state index < -0.39 is 10.0 Å². The number of carbonyl (C=O) groups excluding carboxylic acids is 1. The van der Waals surface area contributed by atoms with Gasteiger partial charge in [-0.2, -0.15) is 0 Å². The molecule has 7 nitrogen and oxygen atoms in total. The van der Waals surface area contributed by atoms with Crippen molar-refractivity contribution in [1.29, 1.82) is 0 Å². The number of fused-ring (bicyclic) bond motifs is 1. The fraction of sp³-hybridized carbons (Fsp3) is 0.353. The average Bonchev–Trinajstić information content (AvgIpc) is 3.17. The standard InChI is InChI=1S/C17H21N3O4S/c1-11-3-6-16(24-11)12(2)19-10-17(21)20-8-7-13-9-14(25(18,22)23)4-5-15(13)20/h3-6,9,12,19H,7-8,10H2,1-2H3,(H2,18,22,23). The van der Waals surface area contributed by atoms with Crippen LogP contribution in [0.3, 0.4) is 0 Å². The summed E-state index contributed by atoms with van der Waals surface area (Å²) in [5, 5.41) is 8.31. The van der Waals surface area contributed by atoms with Gasteiger partial charge in [-0.05, 0) is 56.2 Å². The summed E-state index contributed by atoms with van der Waals surface area (Å²) in [6, 6.07) is 8.30. The molecular formula is C17H21N3O4S. The molecule has 1 unspecified atom stereocenters. The first-order valence-corrected chi connectivity index (χ1v) is 9.56. The lowest BCUT2D eigenvalue weighted by atomic mass is 10.2. The van der Waals surface area contributed by atoms with E-state index in [9.17, 15) is 13.2 Å². The second-order valence-corrected chi connectivity index (χ2v) is 7.74. The van der Waals surface area contributed by atoms with Crippen LogP contribution in [0.1, 0.15) is 30.0 Å².